The lowest BCUT2D eigenvalue weighted by molar-refractivity contribution is -0.117. The molecule has 1 saturated heterocycles. The van der Waals surface area contributed by atoms with Crippen LogP contribution in [0.5, 0.6) is 0 Å². The lowest BCUT2D eigenvalue weighted by Crippen LogP contribution is -2.23. The number of carbonyl (C=O) groups excluding carboxylic acids is 1. The fourth-order valence-corrected chi connectivity index (χ4v) is 0.704. The maximum absolute atomic E-state index is 10.4. The van der Waals surface area contributed by atoms with Crippen LogP contribution in [0.4, 0.5) is 0 Å². The summed E-state index contributed by atoms with van der Waals surface area (Å²) >= 11 is 0. The summed E-state index contributed by atoms with van der Waals surface area (Å²) in [6.07, 6.45) is 0.499. The smallest absolute Gasteiger partial charge is 0.162 e. The average Bonchev–Trinajstić information content (AvgIpc) is 2.14. The number of Topliss-reactive ketones (excluding diaryl/α,β-unsaturated/α-hetero) is 1. The molecule has 0 amide bonds. The first-order chi connectivity index (χ1) is 3.83. The van der Waals surface area contributed by atoms with E-state index in [0.29, 0.717) is 6.42 Å². The molecule has 0 aromatic heterocycles. The predicted molar refractivity (Wildman–Crippen MR) is 28.4 cm³/mol. The van der Waals surface area contributed by atoms with Crippen LogP contribution in [-0.4, -0.2) is 25.7 Å². The summed E-state index contributed by atoms with van der Waals surface area (Å²) in [5.41, 5.74) is 0. The summed E-state index contributed by atoms with van der Waals surface area (Å²) in [6, 6.07) is 0. The minimum absolute atomic E-state index is 0.0255. The average molecular weight is 115 g/mol. The summed E-state index contributed by atoms with van der Waals surface area (Å²) in [6.45, 7) is 0.283. The summed E-state index contributed by atoms with van der Waals surface area (Å²) in [5.74, 6) is 0.185. The van der Waals surface area contributed by atoms with Crippen LogP contribution in [0, 0.1) is 0 Å². The second kappa shape index (κ2) is 2.24. The minimum atomic E-state index is -0.0255. The molecule has 1 N–H and O–H groups in total. The maximum Gasteiger partial charge on any atom is 0.162 e. The van der Waals surface area contributed by atoms with Crippen LogP contribution >= 0.6 is 0 Å². The zero-order chi connectivity index (χ0) is 5.98. The van der Waals surface area contributed by atoms with E-state index in [-0.39, 0.29) is 18.6 Å². The number of ether oxygens (including phenoxy) is 1. The highest BCUT2D eigenvalue weighted by Crippen LogP contribution is 2.03. The van der Waals surface area contributed by atoms with Crippen LogP contribution in [0.3, 0.4) is 0 Å². The highest BCUT2D eigenvalue weighted by Gasteiger charge is 2.19. The van der Waals surface area contributed by atoms with Crippen molar-refractivity contribution in [3.63, 3.8) is 0 Å². The fraction of sp³-hybridized carbons (Fsp3) is 0.800. The standard InChI is InChI=1S/C5H9NO2/c1-6-5-2-4(7)3-8-5/h5-6H,2-3H2,1H3/t5-/m0/s1. The van der Waals surface area contributed by atoms with E-state index in [1.54, 1.807) is 7.05 Å². The van der Waals surface area contributed by atoms with Crippen LogP contribution in [0.1, 0.15) is 6.42 Å². The Morgan fingerprint density at radius 3 is 2.88 bits per heavy atom. The van der Waals surface area contributed by atoms with E-state index in [1.165, 1.54) is 0 Å². The molecule has 46 valence electrons. The third-order valence-electron chi connectivity index (χ3n) is 1.18. The van der Waals surface area contributed by atoms with E-state index in [1.807, 2.05) is 0 Å². The highest BCUT2D eigenvalue weighted by molar-refractivity contribution is 5.81. The van der Waals surface area contributed by atoms with Gasteiger partial charge in [-0.3, -0.25) is 10.1 Å². The molecule has 8 heavy (non-hydrogen) atoms. The Balaban J connectivity index is 2.32. The predicted octanol–water partition coefficient (Wildman–Crippen LogP) is -0.479. The van der Waals surface area contributed by atoms with Gasteiger partial charge in [0.05, 0.1) is 0 Å². The lowest BCUT2D eigenvalue weighted by atomic mass is 10.3. The number of carbonyl (C=O) groups is 1. The molecule has 1 fully saturated rings. The van der Waals surface area contributed by atoms with Crippen molar-refractivity contribution in [3.05, 3.63) is 0 Å². The zero-order valence-corrected chi connectivity index (χ0v) is 4.81. The largest absolute Gasteiger partial charge is 0.355 e. The molecule has 1 rings (SSSR count). The van der Waals surface area contributed by atoms with Crippen molar-refractivity contribution >= 4 is 5.78 Å². The van der Waals surface area contributed by atoms with Gasteiger partial charge in [-0.1, -0.05) is 0 Å². The van der Waals surface area contributed by atoms with E-state index in [4.69, 9.17) is 4.74 Å². The van der Waals surface area contributed by atoms with Gasteiger partial charge in [-0.05, 0) is 7.05 Å². The number of hydrogen-bond donors (Lipinski definition) is 1. The number of ketones is 1. The van der Waals surface area contributed by atoms with Crippen LogP contribution in [0.25, 0.3) is 0 Å². The first-order valence-corrected chi connectivity index (χ1v) is 2.63. The Labute approximate surface area is 48.0 Å². The van der Waals surface area contributed by atoms with Gasteiger partial charge in [0.2, 0.25) is 0 Å². The Morgan fingerprint density at radius 1 is 1.88 bits per heavy atom. The lowest BCUT2D eigenvalue weighted by Gasteiger charge is -2.02. The molecule has 3 heteroatoms. The monoisotopic (exact) mass is 115 g/mol. The second-order valence-electron chi connectivity index (χ2n) is 1.83. The van der Waals surface area contributed by atoms with E-state index in [2.05, 4.69) is 5.32 Å². The van der Waals surface area contributed by atoms with E-state index < -0.39 is 0 Å². The first-order valence-electron chi connectivity index (χ1n) is 2.63. The van der Waals surface area contributed by atoms with Gasteiger partial charge in [0.25, 0.3) is 0 Å². The Hall–Kier alpha value is -0.410. The summed E-state index contributed by atoms with van der Waals surface area (Å²) < 4.78 is 4.95. The molecule has 1 atom stereocenters. The van der Waals surface area contributed by atoms with Crippen LogP contribution < -0.4 is 5.32 Å². The van der Waals surface area contributed by atoms with Crippen LogP contribution in [0.15, 0.2) is 0 Å². The molecule has 0 aliphatic carbocycles. The Bertz CT molecular complexity index is 103. The molecule has 0 spiro atoms. The first kappa shape index (κ1) is 5.72. The number of hydrogen-bond acceptors (Lipinski definition) is 3. The highest BCUT2D eigenvalue weighted by atomic mass is 16.5. The summed E-state index contributed by atoms with van der Waals surface area (Å²) in [4.78, 5) is 10.4. The molecule has 3 nitrogen and oxygen atoms in total. The normalized spacial score (nSPS) is 29.1. The molecule has 0 radical (unpaired) electrons. The molecule has 0 unspecified atom stereocenters. The molecular weight excluding hydrogens is 106 g/mol. The molecule has 0 saturated carbocycles. The van der Waals surface area contributed by atoms with Crippen molar-refractivity contribution in [1.29, 1.82) is 0 Å². The van der Waals surface area contributed by atoms with E-state index in [0.717, 1.165) is 0 Å². The van der Waals surface area contributed by atoms with Gasteiger partial charge < -0.3 is 4.74 Å². The molecule has 1 aliphatic rings. The van der Waals surface area contributed by atoms with Gasteiger partial charge >= 0.3 is 0 Å². The van der Waals surface area contributed by atoms with E-state index >= 15 is 0 Å². The van der Waals surface area contributed by atoms with Gasteiger partial charge in [0.15, 0.2) is 5.78 Å². The number of nitrogens with one attached hydrogen (secondary N) is 1. The Kier molecular flexibility index (Phi) is 1.60. The van der Waals surface area contributed by atoms with Crippen molar-refractivity contribution in [2.75, 3.05) is 13.7 Å². The van der Waals surface area contributed by atoms with Crippen molar-refractivity contribution in [2.45, 2.75) is 12.6 Å². The number of rotatable bonds is 1. The molecule has 1 aliphatic heterocycles. The van der Waals surface area contributed by atoms with E-state index in [9.17, 15) is 4.79 Å². The summed E-state index contributed by atoms with van der Waals surface area (Å²) in [7, 11) is 1.78. The summed E-state index contributed by atoms with van der Waals surface area (Å²) in [5, 5.41) is 2.85. The van der Waals surface area contributed by atoms with Crippen molar-refractivity contribution < 1.29 is 9.53 Å². The van der Waals surface area contributed by atoms with Gasteiger partial charge in [-0.15, -0.1) is 0 Å². The molecule has 0 aromatic rings. The maximum atomic E-state index is 10.4. The Morgan fingerprint density at radius 2 is 2.62 bits per heavy atom. The van der Waals surface area contributed by atoms with Crippen molar-refractivity contribution in [3.8, 4) is 0 Å². The van der Waals surface area contributed by atoms with Gasteiger partial charge in [-0.2, -0.15) is 0 Å². The molecule has 0 bridgehead atoms. The third-order valence-corrected chi connectivity index (χ3v) is 1.18. The van der Waals surface area contributed by atoms with Gasteiger partial charge in [0, 0.05) is 6.42 Å². The van der Waals surface area contributed by atoms with Crippen molar-refractivity contribution in [2.24, 2.45) is 0 Å². The SMILES string of the molecule is CN[C@@H]1CC(=O)CO1. The zero-order valence-electron chi connectivity index (χ0n) is 4.81. The van der Waals surface area contributed by atoms with Gasteiger partial charge in [0.1, 0.15) is 12.8 Å². The van der Waals surface area contributed by atoms with Crippen LogP contribution in [0.2, 0.25) is 0 Å². The molecular formula is C5H9NO2. The topological polar surface area (TPSA) is 38.3 Å². The minimum Gasteiger partial charge on any atom is -0.355 e. The second-order valence-corrected chi connectivity index (χ2v) is 1.83. The molecule has 1 heterocycles. The third kappa shape index (κ3) is 1.05. The quantitative estimate of drug-likeness (QED) is 0.501. The molecule has 0 aromatic carbocycles. The fourth-order valence-electron chi connectivity index (χ4n) is 0.704. The van der Waals surface area contributed by atoms with Gasteiger partial charge in [-0.25, -0.2) is 0 Å². The van der Waals surface area contributed by atoms with Crippen molar-refractivity contribution in [1.82, 2.24) is 5.32 Å². The van der Waals surface area contributed by atoms with Crippen LogP contribution in [-0.2, 0) is 9.53 Å².